The van der Waals surface area contributed by atoms with Gasteiger partial charge >= 0.3 is 0 Å². The summed E-state index contributed by atoms with van der Waals surface area (Å²) < 4.78 is 5.44. The number of likely N-dealkylation sites (N-methyl/N-ethyl adjacent to an activating group) is 2. The fourth-order valence-corrected chi connectivity index (χ4v) is 2.87. The fraction of sp³-hybridized carbons (Fsp3) is 1.00. The Morgan fingerprint density at radius 2 is 1.94 bits per heavy atom. The van der Waals surface area contributed by atoms with Crippen molar-refractivity contribution in [1.29, 1.82) is 0 Å². The summed E-state index contributed by atoms with van der Waals surface area (Å²) >= 11 is 0. The second-order valence-electron chi connectivity index (χ2n) is 5.74. The maximum atomic E-state index is 5.44. The molecule has 3 nitrogen and oxygen atoms in total. The van der Waals surface area contributed by atoms with Crippen LogP contribution in [0.4, 0.5) is 0 Å². The summed E-state index contributed by atoms with van der Waals surface area (Å²) in [6, 6.07) is 0.561. The maximum absolute atomic E-state index is 5.44. The van der Waals surface area contributed by atoms with Crippen LogP contribution in [0.1, 0.15) is 39.5 Å². The summed E-state index contributed by atoms with van der Waals surface area (Å²) in [6.07, 6.45) is 4.90. The molecule has 0 aliphatic carbocycles. The van der Waals surface area contributed by atoms with E-state index in [1.54, 1.807) is 0 Å². The second kappa shape index (κ2) is 6.72. The van der Waals surface area contributed by atoms with Gasteiger partial charge in [-0.2, -0.15) is 0 Å². The van der Waals surface area contributed by atoms with Crippen LogP contribution in [0.5, 0.6) is 0 Å². The van der Waals surface area contributed by atoms with Gasteiger partial charge in [0.2, 0.25) is 0 Å². The Morgan fingerprint density at radius 3 is 2.35 bits per heavy atom. The lowest BCUT2D eigenvalue weighted by atomic mass is 9.80. The molecule has 2 unspecified atom stereocenters. The minimum atomic E-state index is 0.243. The molecule has 0 aromatic rings. The first kappa shape index (κ1) is 14.9. The maximum Gasteiger partial charge on any atom is 0.0468 e. The number of hydrogen-bond acceptors (Lipinski definition) is 3. The average molecular weight is 242 g/mol. The molecular weight excluding hydrogens is 212 g/mol. The lowest BCUT2D eigenvalue weighted by Crippen LogP contribution is -2.56. The molecule has 102 valence electrons. The first-order valence-electron chi connectivity index (χ1n) is 6.97. The molecule has 0 radical (unpaired) electrons. The Labute approximate surface area is 107 Å². The van der Waals surface area contributed by atoms with Gasteiger partial charge in [-0.15, -0.1) is 0 Å². The largest absolute Gasteiger partial charge is 0.381 e. The first-order valence-corrected chi connectivity index (χ1v) is 6.97. The highest BCUT2D eigenvalue weighted by molar-refractivity contribution is 4.94. The van der Waals surface area contributed by atoms with Crippen LogP contribution in [-0.4, -0.2) is 50.8 Å². The minimum absolute atomic E-state index is 0.243. The normalized spacial score (nSPS) is 23.6. The lowest BCUT2D eigenvalue weighted by Gasteiger charge is -2.44. The van der Waals surface area contributed by atoms with Crippen LogP contribution >= 0.6 is 0 Å². The summed E-state index contributed by atoms with van der Waals surface area (Å²) in [5, 5.41) is 3.54. The molecule has 0 spiro atoms. The molecule has 0 aromatic carbocycles. The van der Waals surface area contributed by atoms with E-state index in [2.05, 4.69) is 45.2 Å². The molecule has 0 aromatic heterocycles. The Bertz CT molecular complexity index is 214. The van der Waals surface area contributed by atoms with Crippen molar-refractivity contribution < 1.29 is 4.74 Å². The van der Waals surface area contributed by atoms with Crippen molar-refractivity contribution in [2.24, 2.45) is 5.92 Å². The lowest BCUT2D eigenvalue weighted by molar-refractivity contribution is 0.0442. The molecule has 1 saturated heterocycles. The SMILES string of the molecule is CCC(C)(C(CC1CCOCC1)NC)N(C)C. The van der Waals surface area contributed by atoms with Crippen molar-refractivity contribution >= 4 is 0 Å². The van der Waals surface area contributed by atoms with Gasteiger partial charge in [0.15, 0.2) is 0 Å². The van der Waals surface area contributed by atoms with Gasteiger partial charge in [0.1, 0.15) is 0 Å². The van der Waals surface area contributed by atoms with E-state index >= 15 is 0 Å². The van der Waals surface area contributed by atoms with E-state index in [-0.39, 0.29) is 5.54 Å². The topological polar surface area (TPSA) is 24.5 Å². The fourth-order valence-electron chi connectivity index (χ4n) is 2.87. The van der Waals surface area contributed by atoms with E-state index in [9.17, 15) is 0 Å². The molecule has 1 heterocycles. The molecule has 1 fully saturated rings. The summed E-state index contributed by atoms with van der Waals surface area (Å²) in [6.45, 7) is 6.56. The first-order chi connectivity index (χ1) is 8.04. The zero-order valence-corrected chi connectivity index (χ0v) is 12.3. The Kier molecular flexibility index (Phi) is 5.90. The van der Waals surface area contributed by atoms with Crippen LogP contribution in [0.2, 0.25) is 0 Å². The molecule has 0 bridgehead atoms. The van der Waals surface area contributed by atoms with Crippen LogP contribution in [-0.2, 0) is 4.74 Å². The van der Waals surface area contributed by atoms with Gasteiger partial charge in [-0.3, -0.25) is 0 Å². The summed E-state index contributed by atoms with van der Waals surface area (Å²) in [4.78, 5) is 2.37. The third-order valence-corrected chi connectivity index (χ3v) is 4.75. The molecule has 1 aliphatic heterocycles. The Morgan fingerprint density at radius 1 is 1.35 bits per heavy atom. The number of rotatable bonds is 6. The monoisotopic (exact) mass is 242 g/mol. The predicted molar refractivity (Wildman–Crippen MR) is 73.4 cm³/mol. The van der Waals surface area contributed by atoms with E-state index in [1.165, 1.54) is 25.7 Å². The van der Waals surface area contributed by atoms with Crippen molar-refractivity contribution in [1.82, 2.24) is 10.2 Å². The van der Waals surface area contributed by atoms with Crippen molar-refractivity contribution in [3.8, 4) is 0 Å². The number of ether oxygens (including phenoxy) is 1. The quantitative estimate of drug-likeness (QED) is 0.772. The molecule has 0 amide bonds. The summed E-state index contributed by atoms with van der Waals surface area (Å²) in [5.41, 5.74) is 0.243. The molecule has 1 N–H and O–H groups in total. The molecule has 3 heteroatoms. The van der Waals surface area contributed by atoms with E-state index in [0.717, 1.165) is 19.1 Å². The van der Waals surface area contributed by atoms with Gasteiger partial charge in [-0.05, 0) is 59.7 Å². The van der Waals surface area contributed by atoms with E-state index in [1.807, 2.05) is 0 Å². The number of nitrogens with zero attached hydrogens (tertiary/aromatic N) is 1. The standard InChI is InChI=1S/C14H30N2O/c1-6-14(2,16(4)5)13(15-3)11-12-7-9-17-10-8-12/h12-13,15H,6-11H2,1-5H3. The molecule has 17 heavy (non-hydrogen) atoms. The third kappa shape index (κ3) is 3.67. The third-order valence-electron chi connectivity index (χ3n) is 4.75. The van der Waals surface area contributed by atoms with Gasteiger partial charge in [-0.1, -0.05) is 6.92 Å². The van der Waals surface area contributed by atoms with Crippen LogP contribution in [0.3, 0.4) is 0 Å². The highest BCUT2D eigenvalue weighted by Crippen LogP contribution is 2.29. The average Bonchev–Trinajstić information content (AvgIpc) is 2.36. The minimum Gasteiger partial charge on any atom is -0.381 e. The van der Waals surface area contributed by atoms with Gasteiger partial charge < -0.3 is 15.0 Å². The van der Waals surface area contributed by atoms with Crippen molar-refractivity contribution in [3.63, 3.8) is 0 Å². The molecule has 1 rings (SSSR count). The molecule has 1 aliphatic rings. The summed E-state index contributed by atoms with van der Waals surface area (Å²) in [7, 11) is 6.48. The Hall–Kier alpha value is -0.120. The van der Waals surface area contributed by atoms with Gasteiger partial charge in [0.25, 0.3) is 0 Å². The van der Waals surface area contributed by atoms with Crippen molar-refractivity contribution in [3.05, 3.63) is 0 Å². The summed E-state index contributed by atoms with van der Waals surface area (Å²) in [5.74, 6) is 0.826. The van der Waals surface area contributed by atoms with E-state index in [0.29, 0.717) is 6.04 Å². The molecule has 2 atom stereocenters. The van der Waals surface area contributed by atoms with Crippen molar-refractivity contribution in [2.75, 3.05) is 34.4 Å². The highest BCUT2D eigenvalue weighted by atomic mass is 16.5. The molecular formula is C14H30N2O. The van der Waals surface area contributed by atoms with E-state index < -0.39 is 0 Å². The van der Waals surface area contributed by atoms with Crippen LogP contribution in [0.25, 0.3) is 0 Å². The predicted octanol–water partition coefficient (Wildman–Crippen LogP) is 2.12. The zero-order chi connectivity index (χ0) is 12.9. The van der Waals surface area contributed by atoms with Gasteiger partial charge in [0.05, 0.1) is 0 Å². The second-order valence-corrected chi connectivity index (χ2v) is 5.74. The van der Waals surface area contributed by atoms with Crippen LogP contribution in [0, 0.1) is 5.92 Å². The van der Waals surface area contributed by atoms with E-state index in [4.69, 9.17) is 4.74 Å². The van der Waals surface area contributed by atoms with Gasteiger partial charge in [-0.25, -0.2) is 0 Å². The van der Waals surface area contributed by atoms with Crippen molar-refractivity contribution in [2.45, 2.75) is 51.1 Å². The van der Waals surface area contributed by atoms with Crippen LogP contribution in [0.15, 0.2) is 0 Å². The number of nitrogens with one attached hydrogen (secondary N) is 1. The van der Waals surface area contributed by atoms with Crippen LogP contribution < -0.4 is 5.32 Å². The smallest absolute Gasteiger partial charge is 0.0468 e. The Balaban J connectivity index is 2.62. The molecule has 0 saturated carbocycles. The zero-order valence-electron chi connectivity index (χ0n) is 12.3. The van der Waals surface area contributed by atoms with Gasteiger partial charge in [0, 0.05) is 24.8 Å². The number of hydrogen-bond donors (Lipinski definition) is 1. The highest BCUT2D eigenvalue weighted by Gasteiger charge is 2.35.